The number of carbonyl (C=O) groups is 1. The van der Waals surface area contributed by atoms with Gasteiger partial charge in [-0.25, -0.2) is 4.79 Å². The Kier molecular flexibility index (Phi) is 4.44. The number of fused-ring (bicyclic) bond motifs is 3. The average Bonchev–Trinajstić information content (AvgIpc) is 2.89. The molecule has 2 aromatic rings. The molecular weight excluding hydrogens is 354 g/mol. The van der Waals surface area contributed by atoms with Crippen molar-refractivity contribution in [2.75, 3.05) is 0 Å². The summed E-state index contributed by atoms with van der Waals surface area (Å²) < 4.78 is 0. The highest BCUT2D eigenvalue weighted by Crippen LogP contribution is 2.47. The number of nitrogens with one attached hydrogen (secondary N) is 1. The van der Waals surface area contributed by atoms with Crippen LogP contribution >= 0.6 is 0 Å². The minimum atomic E-state index is -1.95. The number of rotatable bonds is 4. The highest BCUT2D eigenvalue weighted by molar-refractivity contribution is 6.98. The molecule has 0 radical (unpaired) electrons. The van der Waals surface area contributed by atoms with Crippen molar-refractivity contribution in [2.45, 2.75) is 50.5 Å². The molecule has 138 valence electrons. The second kappa shape index (κ2) is 6.10. The Labute approximate surface area is 158 Å². The van der Waals surface area contributed by atoms with Crippen LogP contribution in [0.5, 0.6) is 0 Å². The molecular formula is C21H29NO2Si2. The maximum atomic E-state index is 11.9. The fraction of sp³-hybridized carbons (Fsp3) is 0.381. The van der Waals surface area contributed by atoms with Gasteiger partial charge in [0.25, 0.3) is 0 Å². The normalized spacial score (nSPS) is 13.9. The lowest BCUT2D eigenvalue weighted by atomic mass is 10.0. The zero-order valence-corrected chi connectivity index (χ0v) is 18.6. The molecule has 0 saturated heterocycles. The first kappa shape index (κ1) is 18.9. The molecule has 0 bridgehead atoms. The number of hydrogen-bond donors (Lipinski definition) is 2. The second-order valence-electron chi connectivity index (χ2n) is 9.35. The summed E-state index contributed by atoms with van der Waals surface area (Å²) in [5.74, 6) is 0. The van der Waals surface area contributed by atoms with E-state index in [0.717, 1.165) is 6.42 Å². The first-order valence-corrected chi connectivity index (χ1v) is 16.2. The van der Waals surface area contributed by atoms with Gasteiger partial charge < -0.3 is 10.4 Å². The number of hydrogen-bond acceptors (Lipinski definition) is 1. The van der Waals surface area contributed by atoms with E-state index in [1.54, 1.807) is 0 Å². The molecule has 3 nitrogen and oxygen atoms in total. The zero-order valence-electron chi connectivity index (χ0n) is 16.6. The minimum absolute atomic E-state index is 0.445. The van der Waals surface area contributed by atoms with Gasteiger partial charge in [0.15, 0.2) is 0 Å². The Morgan fingerprint density at radius 3 is 2.08 bits per heavy atom. The summed E-state index contributed by atoms with van der Waals surface area (Å²) in [5, 5.41) is 12.9. The highest BCUT2D eigenvalue weighted by Gasteiger charge is 2.56. The van der Waals surface area contributed by atoms with Gasteiger partial charge in [0.05, 0.1) is 20.9 Å². The van der Waals surface area contributed by atoms with E-state index in [1.807, 2.05) is 0 Å². The van der Waals surface area contributed by atoms with E-state index in [0.29, 0.717) is 0 Å². The summed E-state index contributed by atoms with van der Waals surface area (Å²) in [6.45, 7) is 13.8. The van der Waals surface area contributed by atoms with Gasteiger partial charge in [0, 0.05) is 0 Å². The van der Waals surface area contributed by atoms with Crippen LogP contribution in [-0.4, -0.2) is 27.3 Å². The van der Waals surface area contributed by atoms with Crippen molar-refractivity contribution in [1.29, 1.82) is 0 Å². The average molecular weight is 384 g/mol. The van der Waals surface area contributed by atoms with E-state index in [2.05, 4.69) is 87.1 Å². The predicted molar refractivity (Wildman–Crippen MR) is 114 cm³/mol. The molecule has 2 N–H and O–H groups in total. The Morgan fingerprint density at radius 2 is 1.50 bits per heavy atom. The van der Waals surface area contributed by atoms with Crippen LogP contribution in [0.3, 0.4) is 0 Å². The molecule has 26 heavy (non-hydrogen) atoms. The Hall–Kier alpha value is -1.86. The van der Waals surface area contributed by atoms with Crippen LogP contribution in [0.25, 0.3) is 11.1 Å². The van der Waals surface area contributed by atoms with Gasteiger partial charge in [-0.1, -0.05) is 81.7 Å². The van der Waals surface area contributed by atoms with Gasteiger partial charge >= 0.3 is 6.09 Å². The van der Waals surface area contributed by atoms with Crippen molar-refractivity contribution in [3.05, 3.63) is 59.2 Å². The first-order valence-electron chi connectivity index (χ1n) is 9.21. The van der Waals surface area contributed by atoms with Crippen molar-refractivity contribution < 1.29 is 9.90 Å². The molecule has 0 aromatic heterocycles. The molecule has 0 saturated carbocycles. The van der Waals surface area contributed by atoms with Gasteiger partial charge in [0.2, 0.25) is 0 Å². The Bertz CT molecular complexity index is 849. The monoisotopic (exact) mass is 383 g/mol. The molecule has 0 atom stereocenters. The van der Waals surface area contributed by atoms with E-state index in [9.17, 15) is 9.90 Å². The third-order valence-corrected chi connectivity index (χ3v) is 15.6. The molecule has 3 rings (SSSR count). The fourth-order valence-corrected chi connectivity index (χ4v) is 17.1. The lowest BCUT2D eigenvalue weighted by molar-refractivity contribution is 0.190. The van der Waals surface area contributed by atoms with E-state index in [1.165, 1.54) is 27.8 Å². The van der Waals surface area contributed by atoms with Crippen LogP contribution < -0.4 is 5.32 Å². The summed E-state index contributed by atoms with van der Waals surface area (Å²) in [7, 11) is -3.90. The first-order chi connectivity index (χ1) is 12.0. The van der Waals surface area contributed by atoms with Crippen LogP contribution in [0.1, 0.15) is 16.7 Å². The number of amides is 1. The van der Waals surface area contributed by atoms with Crippen LogP contribution in [0, 0.1) is 0 Å². The van der Waals surface area contributed by atoms with Crippen molar-refractivity contribution in [2.24, 2.45) is 0 Å². The van der Waals surface area contributed by atoms with Crippen LogP contribution in [-0.2, 0) is 11.2 Å². The third kappa shape index (κ3) is 2.74. The summed E-state index contributed by atoms with van der Waals surface area (Å²) in [5.41, 5.74) is 6.43. The standard InChI is InChI=1S/C21H29NO2Si2/c1-25(2,3)21(22-20(23)24,26(4,5)6)19-13-9-12-17-16-11-8-7-10-15(16)14-18(17)19/h7-13,22H,14H2,1-6H3,(H,23,24). The lowest BCUT2D eigenvalue weighted by Gasteiger charge is -2.52. The predicted octanol–water partition coefficient (Wildman–Crippen LogP) is 5.48. The SMILES string of the molecule is C[Si](C)(C)C(NC(=O)O)(c1cccc2c1Cc1ccccc1-2)[Si](C)(C)C. The summed E-state index contributed by atoms with van der Waals surface area (Å²) in [6.07, 6.45) is -0.0253. The van der Waals surface area contributed by atoms with Crippen molar-refractivity contribution in [1.82, 2.24) is 5.32 Å². The lowest BCUT2D eigenvalue weighted by Crippen LogP contribution is -2.72. The van der Waals surface area contributed by atoms with Gasteiger partial charge in [-0.15, -0.1) is 0 Å². The fourth-order valence-electron chi connectivity index (χ4n) is 5.04. The second-order valence-corrected chi connectivity index (χ2v) is 20.3. The van der Waals surface area contributed by atoms with Gasteiger partial charge in [-0.2, -0.15) is 0 Å². The number of benzene rings is 2. The quantitative estimate of drug-likeness (QED) is 0.586. The highest BCUT2D eigenvalue weighted by atomic mass is 28.4. The molecule has 0 aliphatic heterocycles. The van der Waals surface area contributed by atoms with E-state index in [4.69, 9.17) is 0 Å². The topological polar surface area (TPSA) is 49.3 Å². The maximum Gasteiger partial charge on any atom is 0.404 e. The van der Waals surface area contributed by atoms with E-state index >= 15 is 0 Å². The third-order valence-electron chi connectivity index (χ3n) is 5.80. The van der Waals surface area contributed by atoms with Crippen LogP contribution in [0.2, 0.25) is 39.3 Å². The van der Waals surface area contributed by atoms with Crippen molar-refractivity contribution in [3.63, 3.8) is 0 Å². The van der Waals surface area contributed by atoms with Crippen molar-refractivity contribution in [3.8, 4) is 11.1 Å². The Morgan fingerprint density at radius 1 is 0.923 bits per heavy atom. The van der Waals surface area contributed by atoms with Gasteiger partial charge in [-0.3, -0.25) is 0 Å². The van der Waals surface area contributed by atoms with Crippen LogP contribution in [0.4, 0.5) is 4.79 Å². The molecule has 0 unspecified atom stereocenters. The molecule has 5 heteroatoms. The molecule has 0 fully saturated rings. The van der Waals surface area contributed by atoms with Crippen molar-refractivity contribution >= 4 is 22.2 Å². The molecule has 1 amide bonds. The Balaban J connectivity index is 2.33. The maximum absolute atomic E-state index is 11.9. The van der Waals surface area contributed by atoms with Gasteiger partial charge in [0.1, 0.15) is 0 Å². The summed E-state index contributed by atoms with van der Waals surface area (Å²) in [6, 6.07) is 15.0. The van der Waals surface area contributed by atoms with E-state index < -0.39 is 27.0 Å². The largest absolute Gasteiger partial charge is 0.465 e. The molecule has 1 aliphatic rings. The summed E-state index contributed by atoms with van der Waals surface area (Å²) >= 11 is 0. The van der Waals surface area contributed by atoms with Gasteiger partial charge in [-0.05, 0) is 34.2 Å². The zero-order chi connectivity index (χ0) is 19.3. The molecule has 0 spiro atoms. The smallest absolute Gasteiger partial charge is 0.404 e. The minimum Gasteiger partial charge on any atom is -0.465 e. The summed E-state index contributed by atoms with van der Waals surface area (Å²) in [4.78, 5) is 11.5. The van der Waals surface area contributed by atoms with E-state index in [-0.39, 0.29) is 0 Å². The number of carboxylic acid groups (broad SMARTS) is 1. The molecule has 0 heterocycles. The van der Waals surface area contributed by atoms with Crippen LogP contribution in [0.15, 0.2) is 42.5 Å². The molecule has 2 aromatic carbocycles. The molecule has 1 aliphatic carbocycles.